The van der Waals surface area contributed by atoms with Crippen molar-refractivity contribution in [3.8, 4) is 0 Å². The molecule has 13 heavy (non-hydrogen) atoms. The van der Waals surface area contributed by atoms with Crippen molar-refractivity contribution in [1.82, 2.24) is 4.98 Å². The second-order valence-corrected chi connectivity index (χ2v) is 2.41. The molecule has 0 spiro atoms. The highest BCUT2D eigenvalue weighted by Gasteiger charge is 2.06. The summed E-state index contributed by atoms with van der Waals surface area (Å²) in [6, 6.07) is 2.34. The smallest absolute Gasteiger partial charge is 0.310 e. The second kappa shape index (κ2) is 3.84. The molecule has 0 bridgehead atoms. The van der Waals surface area contributed by atoms with E-state index in [9.17, 15) is 14.0 Å². The zero-order chi connectivity index (χ0) is 9.84. The highest BCUT2D eigenvalue weighted by Crippen LogP contribution is 1.95. The minimum atomic E-state index is -0.724. The molecule has 0 aliphatic carbocycles. The molecule has 0 saturated carbocycles. The van der Waals surface area contributed by atoms with Gasteiger partial charge in [-0.1, -0.05) is 0 Å². The van der Waals surface area contributed by atoms with Crippen LogP contribution in [0.1, 0.15) is 5.56 Å². The average Bonchev–Trinajstić information content (AvgIpc) is 2.09. The van der Waals surface area contributed by atoms with Gasteiger partial charge in [0.2, 0.25) is 0 Å². The lowest BCUT2D eigenvalue weighted by molar-refractivity contribution is -0.139. The number of aromatic nitrogens is 1. The van der Waals surface area contributed by atoms with Crippen LogP contribution in [-0.2, 0) is 16.0 Å². The lowest BCUT2D eigenvalue weighted by Crippen LogP contribution is -2.17. The van der Waals surface area contributed by atoms with Crippen LogP contribution in [-0.4, -0.2) is 18.1 Å². The Labute approximate surface area is 73.3 Å². The summed E-state index contributed by atoms with van der Waals surface area (Å²) in [5, 5.41) is 0. The van der Waals surface area contributed by atoms with Gasteiger partial charge in [0, 0.05) is 5.56 Å². The number of hydrogen-bond acceptors (Lipinski definition) is 3. The molecule has 0 atom stereocenters. The van der Waals surface area contributed by atoms with E-state index >= 15 is 0 Å². The number of methoxy groups -OCH3 is 1. The second-order valence-electron chi connectivity index (χ2n) is 2.41. The summed E-state index contributed by atoms with van der Waals surface area (Å²) in [5.41, 5.74) is -0.418. The molecule has 0 saturated heterocycles. The van der Waals surface area contributed by atoms with Crippen LogP contribution in [0.15, 0.2) is 16.9 Å². The van der Waals surface area contributed by atoms with E-state index in [1.54, 1.807) is 0 Å². The van der Waals surface area contributed by atoms with Gasteiger partial charge < -0.3 is 4.74 Å². The monoisotopic (exact) mass is 185 g/mol. The first-order valence-electron chi connectivity index (χ1n) is 3.58. The molecule has 0 aliphatic heterocycles. The number of pyridine rings is 1. The molecule has 1 rings (SSSR count). The van der Waals surface area contributed by atoms with Crippen molar-refractivity contribution in [3.63, 3.8) is 0 Å². The van der Waals surface area contributed by atoms with E-state index in [0.29, 0.717) is 0 Å². The molecule has 4 nitrogen and oxygen atoms in total. The summed E-state index contributed by atoms with van der Waals surface area (Å²) >= 11 is 0. The third kappa shape index (κ3) is 2.40. The predicted octanol–water partition coefficient (Wildman–Crippen LogP) is 0.229. The van der Waals surface area contributed by atoms with Gasteiger partial charge in [-0.3, -0.25) is 14.6 Å². The number of esters is 1. The van der Waals surface area contributed by atoms with E-state index in [1.807, 2.05) is 4.98 Å². The van der Waals surface area contributed by atoms with Crippen LogP contribution in [0.4, 0.5) is 4.39 Å². The van der Waals surface area contributed by atoms with Crippen molar-refractivity contribution in [1.29, 1.82) is 0 Å². The molecule has 5 heteroatoms. The highest BCUT2D eigenvalue weighted by atomic mass is 19.1. The van der Waals surface area contributed by atoms with Gasteiger partial charge in [0.05, 0.1) is 13.5 Å². The van der Waals surface area contributed by atoms with E-state index in [2.05, 4.69) is 4.74 Å². The van der Waals surface area contributed by atoms with E-state index < -0.39 is 17.5 Å². The quantitative estimate of drug-likeness (QED) is 0.530. The first-order valence-corrected chi connectivity index (χ1v) is 3.58. The number of aromatic amines is 1. The molecule has 1 aromatic heterocycles. The van der Waals surface area contributed by atoms with E-state index in [4.69, 9.17) is 0 Å². The third-order valence-corrected chi connectivity index (χ3v) is 1.52. The molecule has 70 valence electrons. The Morgan fingerprint density at radius 3 is 2.85 bits per heavy atom. The van der Waals surface area contributed by atoms with Crippen LogP contribution in [0, 0.1) is 5.95 Å². The summed E-state index contributed by atoms with van der Waals surface area (Å²) in [4.78, 5) is 23.7. The van der Waals surface area contributed by atoms with Gasteiger partial charge >= 0.3 is 5.97 Å². The van der Waals surface area contributed by atoms with Gasteiger partial charge in [-0.05, 0) is 12.1 Å². The molecular weight excluding hydrogens is 177 g/mol. The number of ether oxygens (including phenoxy) is 1. The normalized spacial score (nSPS) is 9.69. The fourth-order valence-corrected chi connectivity index (χ4v) is 0.847. The topological polar surface area (TPSA) is 59.2 Å². The minimum absolute atomic E-state index is 0.147. The van der Waals surface area contributed by atoms with E-state index in [1.165, 1.54) is 13.2 Å². The molecule has 0 amide bonds. The minimum Gasteiger partial charge on any atom is -0.469 e. The fraction of sp³-hybridized carbons (Fsp3) is 0.250. The van der Waals surface area contributed by atoms with Crippen LogP contribution in [0.5, 0.6) is 0 Å². The summed E-state index contributed by atoms with van der Waals surface area (Å²) in [6.07, 6.45) is -0.147. The predicted molar refractivity (Wildman–Crippen MR) is 42.7 cm³/mol. The van der Waals surface area contributed by atoms with Crippen LogP contribution in [0.3, 0.4) is 0 Å². The summed E-state index contributed by atoms with van der Waals surface area (Å²) < 4.78 is 16.7. The SMILES string of the molecule is COC(=O)Cc1ccc(F)[nH]c1=O. The molecule has 1 aromatic rings. The van der Waals surface area contributed by atoms with Crippen LogP contribution < -0.4 is 5.56 Å². The molecule has 1 heterocycles. The lowest BCUT2D eigenvalue weighted by Gasteiger charge is -1.97. The largest absolute Gasteiger partial charge is 0.469 e. The summed E-state index contributed by atoms with van der Waals surface area (Å²) in [6.45, 7) is 0. The van der Waals surface area contributed by atoms with Gasteiger partial charge in [-0.15, -0.1) is 0 Å². The average molecular weight is 185 g/mol. The Kier molecular flexibility index (Phi) is 2.79. The first kappa shape index (κ1) is 9.44. The summed E-state index contributed by atoms with van der Waals surface area (Å²) in [5.74, 6) is -1.25. The standard InChI is InChI=1S/C8H8FNO3/c1-13-7(11)4-5-2-3-6(9)10-8(5)12/h2-3H,4H2,1H3,(H,10,12). The molecule has 0 unspecified atom stereocenters. The van der Waals surface area contributed by atoms with Crippen molar-refractivity contribution in [3.05, 3.63) is 34.0 Å². The van der Waals surface area contributed by atoms with Crippen molar-refractivity contribution < 1.29 is 13.9 Å². The maximum atomic E-state index is 12.4. The van der Waals surface area contributed by atoms with Crippen molar-refractivity contribution >= 4 is 5.97 Å². The van der Waals surface area contributed by atoms with Gasteiger partial charge in [0.25, 0.3) is 5.56 Å². The van der Waals surface area contributed by atoms with Gasteiger partial charge in [0.15, 0.2) is 5.95 Å². The number of halogens is 1. The van der Waals surface area contributed by atoms with Crippen LogP contribution >= 0.6 is 0 Å². The van der Waals surface area contributed by atoms with Gasteiger partial charge in [-0.2, -0.15) is 4.39 Å². The molecule has 0 fully saturated rings. The zero-order valence-corrected chi connectivity index (χ0v) is 6.96. The maximum absolute atomic E-state index is 12.4. The van der Waals surface area contributed by atoms with Crippen LogP contribution in [0.25, 0.3) is 0 Å². The Morgan fingerprint density at radius 2 is 2.31 bits per heavy atom. The molecule has 0 radical (unpaired) electrons. The van der Waals surface area contributed by atoms with Gasteiger partial charge in [0.1, 0.15) is 0 Å². The maximum Gasteiger partial charge on any atom is 0.310 e. The molecule has 1 N–H and O–H groups in total. The number of hydrogen-bond donors (Lipinski definition) is 1. The Hall–Kier alpha value is -1.65. The van der Waals surface area contributed by atoms with Crippen LogP contribution in [0.2, 0.25) is 0 Å². The van der Waals surface area contributed by atoms with Gasteiger partial charge in [-0.25, -0.2) is 0 Å². The molecule has 0 aliphatic rings. The third-order valence-electron chi connectivity index (χ3n) is 1.52. The number of rotatable bonds is 2. The fourth-order valence-electron chi connectivity index (χ4n) is 0.847. The number of H-pyrrole nitrogens is 1. The number of nitrogens with one attached hydrogen (secondary N) is 1. The lowest BCUT2D eigenvalue weighted by atomic mass is 10.2. The first-order chi connectivity index (χ1) is 6.13. The number of carbonyl (C=O) groups excluding carboxylic acids is 1. The Balaban J connectivity index is 2.90. The zero-order valence-electron chi connectivity index (χ0n) is 6.96. The summed E-state index contributed by atoms with van der Waals surface area (Å²) in [7, 11) is 1.22. The number of carbonyl (C=O) groups is 1. The molecule has 0 aromatic carbocycles. The van der Waals surface area contributed by atoms with E-state index in [-0.39, 0.29) is 12.0 Å². The molecular formula is C8H8FNO3. The highest BCUT2D eigenvalue weighted by molar-refractivity contribution is 5.72. The van der Waals surface area contributed by atoms with Crippen molar-refractivity contribution in [2.24, 2.45) is 0 Å². The Bertz CT molecular complexity index is 372. The van der Waals surface area contributed by atoms with Crippen molar-refractivity contribution in [2.75, 3.05) is 7.11 Å². The Morgan fingerprint density at radius 1 is 1.62 bits per heavy atom. The van der Waals surface area contributed by atoms with E-state index in [0.717, 1.165) is 6.07 Å². The van der Waals surface area contributed by atoms with Crippen molar-refractivity contribution in [2.45, 2.75) is 6.42 Å².